The molecule has 1 unspecified atom stereocenters. The van der Waals surface area contributed by atoms with Crippen LogP contribution in [0.5, 0.6) is 0 Å². The van der Waals surface area contributed by atoms with E-state index in [2.05, 4.69) is 26.5 Å². The number of aromatic nitrogens is 4. The standard InChI is InChI=1S/C26H29N7O2/c1-35-22-10-14-32(15-11-22)25(34)19-4-6-21(7-5-19)30-26-28-13-9-23(31-26)20-16-29-33(17-20)24(8-12-27)18-2-3-18/h4-7,9,13,16-18,22,24H,2-3,8,10-11,14-15H2,1H3,(H,28,30,31). The zero-order valence-electron chi connectivity index (χ0n) is 19.8. The molecule has 180 valence electrons. The molecule has 1 saturated carbocycles. The molecule has 2 aromatic heterocycles. The summed E-state index contributed by atoms with van der Waals surface area (Å²) in [5.74, 6) is 1.05. The molecule has 3 aromatic rings. The number of nitrogens with one attached hydrogen (secondary N) is 1. The zero-order valence-corrected chi connectivity index (χ0v) is 19.8. The second-order valence-corrected chi connectivity index (χ2v) is 9.17. The predicted molar refractivity (Wildman–Crippen MR) is 131 cm³/mol. The van der Waals surface area contributed by atoms with Crippen LogP contribution in [-0.2, 0) is 4.74 Å². The van der Waals surface area contributed by atoms with Crippen LogP contribution < -0.4 is 5.32 Å². The Hall–Kier alpha value is -3.77. The molecule has 9 nitrogen and oxygen atoms in total. The van der Waals surface area contributed by atoms with Gasteiger partial charge in [-0.05, 0) is 61.9 Å². The average Bonchev–Trinajstić information content (AvgIpc) is 3.63. The molecule has 1 aliphatic heterocycles. The van der Waals surface area contributed by atoms with Crippen LogP contribution >= 0.6 is 0 Å². The number of benzene rings is 1. The average molecular weight is 472 g/mol. The van der Waals surface area contributed by atoms with Crippen LogP contribution in [0.2, 0.25) is 0 Å². The van der Waals surface area contributed by atoms with Crippen molar-refractivity contribution in [2.45, 2.75) is 44.2 Å². The van der Waals surface area contributed by atoms with E-state index in [1.165, 1.54) is 0 Å². The highest BCUT2D eigenvalue weighted by atomic mass is 16.5. The van der Waals surface area contributed by atoms with E-state index >= 15 is 0 Å². The summed E-state index contributed by atoms with van der Waals surface area (Å²) in [6.07, 6.45) is 10.2. The summed E-state index contributed by atoms with van der Waals surface area (Å²) in [5.41, 5.74) is 3.11. The zero-order chi connectivity index (χ0) is 24.2. The maximum atomic E-state index is 12.8. The lowest BCUT2D eigenvalue weighted by Gasteiger charge is -2.31. The van der Waals surface area contributed by atoms with E-state index < -0.39 is 0 Å². The number of methoxy groups -OCH3 is 1. The molecule has 35 heavy (non-hydrogen) atoms. The molecule has 1 N–H and O–H groups in total. The summed E-state index contributed by atoms with van der Waals surface area (Å²) in [6, 6.07) is 11.6. The van der Waals surface area contributed by atoms with Crippen molar-refractivity contribution in [3.8, 4) is 17.3 Å². The molecule has 1 aliphatic carbocycles. The number of likely N-dealkylation sites (tertiary alicyclic amines) is 1. The highest BCUT2D eigenvalue weighted by molar-refractivity contribution is 5.94. The molecule has 0 radical (unpaired) electrons. The first-order chi connectivity index (χ1) is 17.1. The lowest BCUT2D eigenvalue weighted by Crippen LogP contribution is -2.40. The lowest BCUT2D eigenvalue weighted by atomic mass is 10.1. The quantitative estimate of drug-likeness (QED) is 0.524. The second-order valence-electron chi connectivity index (χ2n) is 9.17. The van der Waals surface area contributed by atoms with Crippen LogP contribution in [-0.4, -0.2) is 56.9 Å². The predicted octanol–water partition coefficient (Wildman–Crippen LogP) is 4.20. The summed E-state index contributed by atoms with van der Waals surface area (Å²) >= 11 is 0. The van der Waals surface area contributed by atoms with E-state index in [4.69, 9.17) is 10.00 Å². The van der Waals surface area contributed by atoms with Crippen LogP contribution in [0.15, 0.2) is 48.9 Å². The minimum Gasteiger partial charge on any atom is -0.381 e. The Morgan fingerprint density at radius 2 is 1.97 bits per heavy atom. The monoisotopic (exact) mass is 471 g/mol. The summed E-state index contributed by atoms with van der Waals surface area (Å²) in [7, 11) is 1.72. The van der Waals surface area contributed by atoms with Crippen LogP contribution in [0.3, 0.4) is 0 Å². The normalized spacial score (nSPS) is 17.1. The summed E-state index contributed by atoms with van der Waals surface area (Å²) in [6.45, 7) is 1.43. The Balaban J connectivity index is 1.24. The van der Waals surface area contributed by atoms with Crippen LogP contribution in [0.25, 0.3) is 11.3 Å². The Bertz CT molecular complexity index is 1200. The third-order valence-corrected chi connectivity index (χ3v) is 6.81. The fourth-order valence-corrected chi connectivity index (χ4v) is 4.58. The Morgan fingerprint density at radius 3 is 2.66 bits per heavy atom. The third kappa shape index (κ3) is 5.33. The molecule has 1 atom stereocenters. The number of anilines is 2. The number of hydrogen-bond acceptors (Lipinski definition) is 7. The van der Waals surface area contributed by atoms with E-state index in [9.17, 15) is 4.79 Å². The molecular weight excluding hydrogens is 442 g/mol. The highest BCUT2D eigenvalue weighted by Gasteiger charge is 2.33. The van der Waals surface area contributed by atoms with Gasteiger partial charge in [0.1, 0.15) is 0 Å². The molecule has 5 rings (SSSR count). The van der Waals surface area contributed by atoms with Gasteiger partial charge in [-0.15, -0.1) is 0 Å². The molecule has 9 heteroatoms. The summed E-state index contributed by atoms with van der Waals surface area (Å²) in [4.78, 5) is 23.7. The van der Waals surface area contributed by atoms with Crippen molar-refractivity contribution in [2.24, 2.45) is 5.92 Å². The number of piperidine rings is 1. The van der Waals surface area contributed by atoms with Gasteiger partial charge in [-0.1, -0.05) is 0 Å². The molecule has 1 aromatic carbocycles. The molecule has 2 aliphatic rings. The highest BCUT2D eigenvalue weighted by Crippen LogP contribution is 2.41. The van der Waals surface area contributed by atoms with Crippen molar-refractivity contribution >= 4 is 17.5 Å². The number of nitriles is 1. The molecule has 1 saturated heterocycles. The van der Waals surface area contributed by atoms with E-state index in [1.807, 2.05) is 46.1 Å². The minimum absolute atomic E-state index is 0.0438. The van der Waals surface area contributed by atoms with Gasteiger partial charge in [0.05, 0.1) is 36.5 Å². The van der Waals surface area contributed by atoms with Crippen LogP contribution in [0, 0.1) is 17.2 Å². The van der Waals surface area contributed by atoms with Crippen LogP contribution in [0.1, 0.15) is 48.5 Å². The first kappa shape index (κ1) is 23.0. The number of carbonyl (C=O) groups is 1. The van der Waals surface area contributed by atoms with Crippen molar-refractivity contribution in [2.75, 3.05) is 25.5 Å². The van der Waals surface area contributed by atoms with E-state index in [0.717, 1.165) is 42.6 Å². The van der Waals surface area contributed by atoms with Crippen molar-refractivity contribution in [3.05, 3.63) is 54.5 Å². The molecule has 0 spiro atoms. The summed E-state index contributed by atoms with van der Waals surface area (Å²) < 4.78 is 7.29. The molecule has 0 bridgehead atoms. The number of amides is 1. The fourth-order valence-electron chi connectivity index (χ4n) is 4.58. The van der Waals surface area contributed by atoms with Gasteiger partial charge in [0.25, 0.3) is 5.91 Å². The smallest absolute Gasteiger partial charge is 0.253 e. The van der Waals surface area contributed by atoms with Gasteiger partial charge >= 0.3 is 0 Å². The molecule has 3 heterocycles. The number of ether oxygens (including phenoxy) is 1. The van der Waals surface area contributed by atoms with Gasteiger partial charge in [-0.25, -0.2) is 9.97 Å². The molecule has 1 amide bonds. The van der Waals surface area contributed by atoms with Crippen molar-refractivity contribution in [1.82, 2.24) is 24.6 Å². The minimum atomic E-state index is 0.0438. The van der Waals surface area contributed by atoms with E-state index in [-0.39, 0.29) is 18.1 Å². The van der Waals surface area contributed by atoms with Gasteiger partial charge in [-0.2, -0.15) is 10.4 Å². The number of rotatable bonds is 8. The van der Waals surface area contributed by atoms with E-state index in [0.29, 0.717) is 36.9 Å². The Labute approximate surface area is 204 Å². The second kappa shape index (κ2) is 10.2. The first-order valence-corrected chi connectivity index (χ1v) is 12.1. The number of nitrogens with zero attached hydrogens (tertiary/aromatic N) is 6. The third-order valence-electron chi connectivity index (χ3n) is 6.81. The van der Waals surface area contributed by atoms with Crippen LogP contribution in [0.4, 0.5) is 11.6 Å². The molecular formula is C26H29N7O2. The maximum absolute atomic E-state index is 12.8. The lowest BCUT2D eigenvalue weighted by molar-refractivity contribution is 0.0351. The number of carbonyl (C=O) groups excluding carboxylic acids is 1. The fraction of sp³-hybridized carbons (Fsp3) is 0.423. The Kier molecular flexibility index (Phi) is 6.73. The largest absolute Gasteiger partial charge is 0.381 e. The van der Waals surface area contributed by atoms with Crippen molar-refractivity contribution in [1.29, 1.82) is 5.26 Å². The first-order valence-electron chi connectivity index (χ1n) is 12.1. The van der Waals surface area contributed by atoms with Gasteiger partial charge in [0, 0.05) is 49.4 Å². The van der Waals surface area contributed by atoms with Gasteiger partial charge < -0.3 is 15.0 Å². The SMILES string of the molecule is COC1CCN(C(=O)c2ccc(Nc3nccc(-c4cnn(C(CC#N)C5CC5)c4)n3)cc2)CC1. The molecule has 2 fully saturated rings. The van der Waals surface area contributed by atoms with Gasteiger partial charge in [-0.3, -0.25) is 9.48 Å². The maximum Gasteiger partial charge on any atom is 0.253 e. The summed E-state index contributed by atoms with van der Waals surface area (Å²) in [5, 5.41) is 16.9. The van der Waals surface area contributed by atoms with Gasteiger partial charge in [0.15, 0.2) is 0 Å². The number of hydrogen-bond donors (Lipinski definition) is 1. The van der Waals surface area contributed by atoms with Crippen molar-refractivity contribution < 1.29 is 9.53 Å². The Morgan fingerprint density at radius 1 is 1.20 bits per heavy atom. The topological polar surface area (TPSA) is 109 Å². The van der Waals surface area contributed by atoms with E-state index in [1.54, 1.807) is 19.5 Å². The van der Waals surface area contributed by atoms with Gasteiger partial charge in [0.2, 0.25) is 5.95 Å². The van der Waals surface area contributed by atoms with Crippen molar-refractivity contribution in [3.63, 3.8) is 0 Å².